The van der Waals surface area contributed by atoms with Gasteiger partial charge < -0.3 is 25.4 Å². The van der Waals surface area contributed by atoms with Crippen LogP contribution in [0.1, 0.15) is 39.0 Å². The fourth-order valence-corrected chi connectivity index (χ4v) is 2.85. The third kappa shape index (κ3) is 3.22. The van der Waals surface area contributed by atoms with Gasteiger partial charge in [0, 0.05) is 13.0 Å². The molecule has 0 aromatic rings. The van der Waals surface area contributed by atoms with Gasteiger partial charge in [0.2, 0.25) is 0 Å². The minimum Gasteiger partial charge on any atom is -0.390 e. The first-order chi connectivity index (χ1) is 8.61. The van der Waals surface area contributed by atoms with Crippen molar-refractivity contribution in [1.82, 2.24) is 0 Å². The molecule has 5 heteroatoms. The van der Waals surface area contributed by atoms with Crippen LogP contribution in [0, 0.1) is 5.92 Å². The van der Waals surface area contributed by atoms with Crippen LogP contribution in [0.3, 0.4) is 0 Å². The third-order valence-corrected chi connectivity index (χ3v) is 4.12. The molecular weight excluding hydrogens is 234 g/mol. The zero-order chi connectivity index (χ0) is 13.1. The Bertz CT molecular complexity index is 263. The lowest BCUT2D eigenvalue weighted by atomic mass is 9.86. The monoisotopic (exact) mass is 259 g/mol. The topological polar surface area (TPSA) is 84.9 Å². The van der Waals surface area contributed by atoms with Gasteiger partial charge in [-0.1, -0.05) is 13.3 Å². The smallest absolute Gasteiger partial charge is 0.158 e. The van der Waals surface area contributed by atoms with E-state index in [0.717, 1.165) is 19.3 Å². The van der Waals surface area contributed by atoms with E-state index in [-0.39, 0.29) is 24.4 Å². The minimum absolute atomic E-state index is 0.146. The van der Waals surface area contributed by atoms with Gasteiger partial charge in [0.05, 0.1) is 24.4 Å². The molecule has 4 N–H and O–H groups in total. The highest BCUT2D eigenvalue weighted by Gasteiger charge is 2.35. The Kier molecular flexibility index (Phi) is 4.98. The van der Waals surface area contributed by atoms with Crippen molar-refractivity contribution < 1.29 is 19.7 Å². The summed E-state index contributed by atoms with van der Waals surface area (Å²) in [5.74, 6) is 0.281. The van der Waals surface area contributed by atoms with Crippen molar-refractivity contribution in [3.63, 3.8) is 0 Å². The number of aliphatic hydroxyl groups excluding tert-OH is 2. The number of ether oxygens (including phenoxy) is 2. The van der Waals surface area contributed by atoms with Gasteiger partial charge in [0.25, 0.3) is 0 Å². The maximum absolute atomic E-state index is 10.1. The zero-order valence-corrected chi connectivity index (χ0v) is 11.0. The molecule has 1 saturated heterocycles. The van der Waals surface area contributed by atoms with Crippen molar-refractivity contribution in [1.29, 1.82) is 0 Å². The summed E-state index contributed by atoms with van der Waals surface area (Å²) < 4.78 is 11.5. The van der Waals surface area contributed by atoms with Crippen molar-refractivity contribution in [3.8, 4) is 0 Å². The second-order valence-electron chi connectivity index (χ2n) is 5.56. The van der Waals surface area contributed by atoms with Crippen molar-refractivity contribution in [2.24, 2.45) is 11.7 Å². The van der Waals surface area contributed by atoms with Crippen LogP contribution in [0.5, 0.6) is 0 Å². The van der Waals surface area contributed by atoms with E-state index < -0.39 is 12.2 Å². The molecule has 6 atom stereocenters. The van der Waals surface area contributed by atoms with Gasteiger partial charge in [-0.2, -0.15) is 0 Å². The minimum atomic E-state index is -0.495. The van der Waals surface area contributed by atoms with Gasteiger partial charge in [-0.05, 0) is 25.2 Å². The second-order valence-corrected chi connectivity index (χ2v) is 5.56. The highest BCUT2D eigenvalue weighted by atomic mass is 16.7. The Labute approximate surface area is 108 Å². The van der Waals surface area contributed by atoms with Crippen molar-refractivity contribution in [2.75, 3.05) is 6.54 Å². The highest BCUT2D eigenvalue weighted by Crippen LogP contribution is 2.29. The summed E-state index contributed by atoms with van der Waals surface area (Å²) in [6.45, 7) is 2.35. The molecule has 1 aliphatic heterocycles. The van der Waals surface area contributed by atoms with E-state index in [1.165, 1.54) is 0 Å². The predicted molar refractivity (Wildman–Crippen MR) is 66.9 cm³/mol. The largest absolute Gasteiger partial charge is 0.390 e. The third-order valence-electron chi connectivity index (χ3n) is 4.12. The summed E-state index contributed by atoms with van der Waals surface area (Å²) in [5.41, 5.74) is 5.55. The van der Waals surface area contributed by atoms with Gasteiger partial charge >= 0.3 is 0 Å². The number of hydrogen-bond donors (Lipinski definition) is 3. The lowest BCUT2D eigenvalue weighted by molar-refractivity contribution is -0.254. The second kappa shape index (κ2) is 6.30. The Hall–Kier alpha value is -0.200. The Morgan fingerprint density at radius 1 is 1.22 bits per heavy atom. The van der Waals surface area contributed by atoms with Crippen molar-refractivity contribution in [2.45, 2.75) is 69.7 Å². The van der Waals surface area contributed by atoms with Gasteiger partial charge in [0.1, 0.15) is 0 Å². The Morgan fingerprint density at radius 3 is 2.72 bits per heavy atom. The van der Waals surface area contributed by atoms with E-state index in [2.05, 4.69) is 0 Å². The normalized spacial score (nSPS) is 46.0. The lowest BCUT2D eigenvalue weighted by Crippen LogP contribution is -2.47. The standard InChI is InChI=1S/C13H25NO4/c1-8-3-2-4-10(13(8)16)17-12-6-5-9(15)11(7-14)18-12/h8-13,15-16H,2-7,14H2,1H3. The van der Waals surface area contributed by atoms with Gasteiger partial charge in [-0.3, -0.25) is 0 Å². The van der Waals surface area contributed by atoms with E-state index in [9.17, 15) is 10.2 Å². The summed E-state index contributed by atoms with van der Waals surface area (Å²) >= 11 is 0. The van der Waals surface area contributed by atoms with Crippen LogP contribution in [0.4, 0.5) is 0 Å². The molecule has 0 aromatic heterocycles. The lowest BCUT2D eigenvalue weighted by Gasteiger charge is -2.38. The maximum atomic E-state index is 10.1. The van der Waals surface area contributed by atoms with Crippen LogP contribution in [0.2, 0.25) is 0 Å². The van der Waals surface area contributed by atoms with Crippen LogP contribution < -0.4 is 5.73 Å². The predicted octanol–water partition coefficient (Wildman–Crippen LogP) is 0.377. The van der Waals surface area contributed by atoms with Crippen LogP contribution in [-0.2, 0) is 9.47 Å². The molecule has 1 aliphatic carbocycles. The molecule has 1 heterocycles. The molecule has 0 spiro atoms. The number of rotatable bonds is 3. The molecule has 0 aromatic carbocycles. The first-order valence-corrected chi connectivity index (χ1v) is 6.99. The molecule has 2 fully saturated rings. The highest BCUT2D eigenvalue weighted by molar-refractivity contribution is 4.82. The fourth-order valence-electron chi connectivity index (χ4n) is 2.85. The van der Waals surface area contributed by atoms with Crippen molar-refractivity contribution >= 4 is 0 Å². The number of nitrogens with two attached hydrogens (primary N) is 1. The van der Waals surface area contributed by atoms with Crippen LogP contribution in [0.25, 0.3) is 0 Å². The maximum Gasteiger partial charge on any atom is 0.158 e. The fraction of sp³-hybridized carbons (Fsp3) is 1.00. The molecule has 0 bridgehead atoms. The summed E-state index contributed by atoms with van der Waals surface area (Å²) in [4.78, 5) is 0. The molecule has 0 radical (unpaired) electrons. The molecule has 106 valence electrons. The molecule has 5 nitrogen and oxygen atoms in total. The van der Waals surface area contributed by atoms with Crippen LogP contribution in [0.15, 0.2) is 0 Å². The molecule has 2 aliphatic rings. The zero-order valence-electron chi connectivity index (χ0n) is 11.0. The Balaban J connectivity index is 1.85. The van der Waals surface area contributed by atoms with Gasteiger partial charge in [-0.25, -0.2) is 0 Å². The molecule has 2 rings (SSSR count). The summed E-state index contributed by atoms with van der Waals surface area (Å²) in [7, 11) is 0. The molecule has 1 saturated carbocycles. The van der Waals surface area contributed by atoms with Crippen molar-refractivity contribution in [3.05, 3.63) is 0 Å². The first kappa shape index (κ1) is 14.2. The average molecular weight is 259 g/mol. The SMILES string of the molecule is CC1CCCC(OC2CCC(O)C(CN)O2)C1O. The van der Waals surface area contributed by atoms with Crippen LogP contribution >= 0.6 is 0 Å². The first-order valence-electron chi connectivity index (χ1n) is 6.99. The van der Waals surface area contributed by atoms with Crippen LogP contribution in [-0.4, -0.2) is 47.5 Å². The van der Waals surface area contributed by atoms with Gasteiger partial charge in [0.15, 0.2) is 6.29 Å². The van der Waals surface area contributed by atoms with E-state index in [1.54, 1.807) is 0 Å². The Morgan fingerprint density at radius 2 is 2.00 bits per heavy atom. The summed E-state index contributed by atoms with van der Waals surface area (Å²) in [6.07, 6.45) is 2.58. The molecular formula is C13H25NO4. The molecule has 6 unspecified atom stereocenters. The number of hydrogen-bond acceptors (Lipinski definition) is 5. The number of aliphatic hydroxyl groups is 2. The average Bonchev–Trinajstić information content (AvgIpc) is 2.37. The van der Waals surface area contributed by atoms with E-state index >= 15 is 0 Å². The van der Waals surface area contributed by atoms with Gasteiger partial charge in [-0.15, -0.1) is 0 Å². The molecule has 0 amide bonds. The van der Waals surface area contributed by atoms with E-state index in [4.69, 9.17) is 15.2 Å². The summed E-state index contributed by atoms with van der Waals surface area (Å²) in [6, 6.07) is 0. The van der Waals surface area contributed by atoms with E-state index in [1.807, 2.05) is 6.92 Å². The van der Waals surface area contributed by atoms with E-state index in [0.29, 0.717) is 19.4 Å². The summed E-state index contributed by atoms with van der Waals surface area (Å²) in [5, 5.41) is 19.8. The molecule has 18 heavy (non-hydrogen) atoms. The quantitative estimate of drug-likeness (QED) is 0.682.